The van der Waals surface area contributed by atoms with Gasteiger partial charge in [0.1, 0.15) is 11.5 Å². The van der Waals surface area contributed by atoms with Crippen molar-refractivity contribution in [2.24, 2.45) is 0 Å². The van der Waals surface area contributed by atoms with Gasteiger partial charge in [0.2, 0.25) is 0 Å². The van der Waals surface area contributed by atoms with Gasteiger partial charge in [-0.3, -0.25) is 0 Å². The highest BCUT2D eigenvalue weighted by Crippen LogP contribution is 2.23. The molecule has 2 aromatic carbocycles. The molecule has 3 aromatic rings. The maximum absolute atomic E-state index is 5.63. The summed E-state index contributed by atoms with van der Waals surface area (Å²) >= 11 is 1.51. The van der Waals surface area contributed by atoms with Crippen LogP contribution in [0.5, 0.6) is 11.5 Å². The van der Waals surface area contributed by atoms with Gasteiger partial charge in [-0.2, -0.15) is 0 Å². The summed E-state index contributed by atoms with van der Waals surface area (Å²) in [7, 11) is 1.62. The first kappa shape index (κ1) is 15.4. The van der Waals surface area contributed by atoms with Gasteiger partial charge in [0, 0.05) is 11.8 Å². The lowest BCUT2D eigenvalue weighted by Crippen LogP contribution is -1.96. The molecule has 0 atom stereocenters. The molecule has 0 radical (unpaired) electrons. The van der Waals surface area contributed by atoms with Crippen molar-refractivity contribution < 1.29 is 13.9 Å². The van der Waals surface area contributed by atoms with Crippen LogP contribution in [0.25, 0.3) is 0 Å². The zero-order chi connectivity index (χ0) is 15.9. The zero-order valence-electron chi connectivity index (χ0n) is 12.6. The van der Waals surface area contributed by atoms with Gasteiger partial charge in [0.15, 0.2) is 6.61 Å². The maximum atomic E-state index is 5.63. The fraction of sp³-hybridized carbons (Fsp3) is 0.176. The van der Waals surface area contributed by atoms with Crippen LogP contribution in [0.4, 0.5) is 0 Å². The highest BCUT2D eigenvalue weighted by atomic mass is 32.2. The van der Waals surface area contributed by atoms with Crippen LogP contribution in [0.15, 0.2) is 64.2 Å². The van der Waals surface area contributed by atoms with Crippen molar-refractivity contribution in [3.05, 3.63) is 66.1 Å². The van der Waals surface area contributed by atoms with Gasteiger partial charge in [0.05, 0.1) is 7.11 Å². The second-order valence-electron chi connectivity index (χ2n) is 4.70. The third-order valence-electron chi connectivity index (χ3n) is 3.06. The minimum Gasteiger partial charge on any atom is -0.497 e. The van der Waals surface area contributed by atoms with Crippen LogP contribution in [0.3, 0.4) is 0 Å². The average Bonchev–Trinajstić information content (AvgIpc) is 3.07. The summed E-state index contributed by atoms with van der Waals surface area (Å²) in [5.41, 5.74) is 1.21. The van der Waals surface area contributed by atoms with Gasteiger partial charge in [-0.1, -0.05) is 48.2 Å². The normalized spacial score (nSPS) is 10.5. The average molecular weight is 328 g/mol. The molecule has 0 saturated carbocycles. The molecule has 1 heterocycles. The molecular weight excluding hydrogens is 312 g/mol. The SMILES string of the molecule is COc1cccc(OCc2nnc(SCc3ccccc3)o2)c1. The van der Waals surface area contributed by atoms with E-state index in [1.807, 2.05) is 36.4 Å². The molecule has 23 heavy (non-hydrogen) atoms. The van der Waals surface area contributed by atoms with Crippen LogP contribution < -0.4 is 9.47 Å². The Bertz CT molecular complexity index is 746. The molecular formula is C17H16N2O3S. The Morgan fingerprint density at radius 2 is 1.83 bits per heavy atom. The number of methoxy groups -OCH3 is 1. The molecule has 0 aliphatic heterocycles. The van der Waals surface area contributed by atoms with Crippen LogP contribution in [-0.4, -0.2) is 17.3 Å². The van der Waals surface area contributed by atoms with Crippen molar-refractivity contribution in [2.45, 2.75) is 17.6 Å². The first-order valence-electron chi connectivity index (χ1n) is 7.09. The Balaban J connectivity index is 1.52. The van der Waals surface area contributed by atoms with Gasteiger partial charge >= 0.3 is 0 Å². The topological polar surface area (TPSA) is 57.4 Å². The molecule has 0 bridgehead atoms. The summed E-state index contributed by atoms with van der Waals surface area (Å²) < 4.78 is 16.3. The molecule has 3 rings (SSSR count). The number of ether oxygens (including phenoxy) is 2. The zero-order valence-corrected chi connectivity index (χ0v) is 13.5. The Hall–Kier alpha value is -2.47. The van der Waals surface area contributed by atoms with E-state index in [0.29, 0.717) is 16.9 Å². The first-order valence-corrected chi connectivity index (χ1v) is 8.08. The summed E-state index contributed by atoms with van der Waals surface area (Å²) in [5, 5.41) is 8.55. The predicted octanol–water partition coefficient (Wildman–Crippen LogP) is 3.95. The number of hydrogen-bond acceptors (Lipinski definition) is 6. The molecule has 0 aliphatic rings. The molecule has 6 heteroatoms. The van der Waals surface area contributed by atoms with E-state index in [1.54, 1.807) is 13.2 Å². The van der Waals surface area contributed by atoms with Gasteiger partial charge < -0.3 is 13.9 Å². The van der Waals surface area contributed by atoms with Crippen LogP contribution in [0.2, 0.25) is 0 Å². The molecule has 5 nitrogen and oxygen atoms in total. The van der Waals surface area contributed by atoms with Crippen molar-refractivity contribution in [3.63, 3.8) is 0 Å². The number of nitrogens with zero attached hydrogens (tertiary/aromatic N) is 2. The minimum absolute atomic E-state index is 0.228. The fourth-order valence-corrected chi connectivity index (χ4v) is 2.65. The van der Waals surface area contributed by atoms with Crippen molar-refractivity contribution in [2.75, 3.05) is 7.11 Å². The summed E-state index contributed by atoms with van der Waals surface area (Å²) in [6, 6.07) is 17.5. The second kappa shape index (κ2) is 7.69. The molecule has 0 fully saturated rings. The number of benzene rings is 2. The van der Waals surface area contributed by atoms with Crippen molar-refractivity contribution in [3.8, 4) is 11.5 Å². The quantitative estimate of drug-likeness (QED) is 0.612. The van der Waals surface area contributed by atoms with E-state index in [4.69, 9.17) is 13.9 Å². The van der Waals surface area contributed by atoms with E-state index in [-0.39, 0.29) is 6.61 Å². The van der Waals surface area contributed by atoms with E-state index in [2.05, 4.69) is 22.3 Å². The van der Waals surface area contributed by atoms with Crippen molar-refractivity contribution in [1.29, 1.82) is 0 Å². The number of hydrogen-bond donors (Lipinski definition) is 0. The van der Waals surface area contributed by atoms with Crippen molar-refractivity contribution in [1.82, 2.24) is 10.2 Å². The smallest absolute Gasteiger partial charge is 0.277 e. The van der Waals surface area contributed by atoms with E-state index in [1.165, 1.54) is 17.3 Å². The Labute approximate surface area is 138 Å². The minimum atomic E-state index is 0.228. The Kier molecular flexibility index (Phi) is 5.16. The van der Waals surface area contributed by atoms with Crippen LogP contribution in [-0.2, 0) is 12.4 Å². The lowest BCUT2D eigenvalue weighted by Gasteiger charge is -2.05. The monoisotopic (exact) mass is 328 g/mol. The summed E-state index contributed by atoms with van der Waals surface area (Å²) in [6.07, 6.45) is 0. The van der Waals surface area contributed by atoms with E-state index in [9.17, 15) is 0 Å². The van der Waals surface area contributed by atoms with Crippen molar-refractivity contribution >= 4 is 11.8 Å². The number of rotatable bonds is 7. The molecule has 0 aliphatic carbocycles. The second-order valence-corrected chi connectivity index (χ2v) is 5.63. The first-order chi connectivity index (χ1) is 11.3. The molecule has 0 N–H and O–H groups in total. The molecule has 0 amide bonds. The number of thioether (sulfide) groups is 1. The highest BCUT2D eigenvalue weighted by molar-refractivity contribution is 7.98. The van der Waals surface area contributed by atoms with E-state index >= 15 is 0 Å². The molecule has 0 unspecified atom stereocenters. The summed E-state index contributed by atoms with van der Waals surface area (Å²) in [6.45, 7) is 0.228. The molecule has 1 aromatic heterocycles. The van der Waals surface area contributed by atoms with Crippen LogP contribution in [0, 0.1) is 0 Å². The molecule has 0 spiro atoms. The van der Waals surface area contributed by atoms with Gasteiger partial charge in [-0.15, -0.1) is 10.2 Å². The highest BCUT2D eigenvalue weighted by Gasteiger charge is 2.08. The van der Waals surface area contributed by atoms with Gasteiger partial charge in [-0.25, -0.2) is 0 Å². The lowest BCUT2D eigenvalue weighted by molar-refractivity contribution is 0.251. The van der Waals surface area contributed by atoms with E-state index < -0.39 is 0 Å². The predicted molar refractivity (Wildman–Crippen MR) is 87.6 cm³/mol. The Morgan fingerprint density at radius 3 is 2.65 bits per heavy atom. The molecule has 0 saturated heterocycles. The molecule has 118 valence electrons. The number of aromatic nitrogens is 2. The van der Waals surface area contributed by atoms with Crippen LogP contribution >= 0.6 is 11.8 Å². The van der Waals surface area contributed by atoms with Gasteiger partial charge in [0.25, 0.3) is 11.1 Å². The Morgan fingerprint density at radius 1 is 1.00 bits per heavy atom. The summed E-state index contributed by atoms with van der Waals surface area (Å²) in [4.78, 5) is 0. The third-order valence-corrected chi connectivity index (χ3v) is 3.95. The summed E-state index contributed by atoms with van der Waals surface area (Å²) in [5.74, 6) is 2.68. The standard InChI is InChI=1S/C17H16N2O3S/c1-20-14-8-5-9-15(10-14)21-11-16-18-19-17(22-16)23-12-13-6-3-2-4-7-13/h2-10H,11-12H2,1H3. The lowest BCUT2D eigenvalue weighted by atomic mass is 10.2. The fourth-order valence-electron chi connectivity index (χ4n) is 1.91. The third kappa shape index (κ3) is 4.50. The van der Waals surface area contributed by atoms with E-state index in [0.717, 1.165) is 11.5 Å². The van der Waals surface area contributed by atoms with Crippen LogP contribution in [0.1, 0.15) is 11.5 Å². The largest absolute Gasteiger partial charge is 0.497 e. The maximum Gasteiger partial charge on any atom is 0.277 e. The van der Waals surface area contributed by atoms with Gasteiger partial charge in [-0.05, 0) is 17.7 Å².